The van der Waals surface area contributed by atoms with Gasteiger partial charge in [-0.3, -0.25) is 4.79 Å². The third-order valence-corrected chi connectivity index (χ3v) is 6.51. The van der Waals surface area contributed by atoms with Gasteiger partial charge in [0.15, 0.2) is 0 Å². The number of ether oxygens (including phenoxy) is 1. The standard InChI is InChI=1S/C20H24N2O4S/c1-15-3-4-17(16(2)13-15)14-20(23)21-18-5-7-19(8-6-18)27(24,25)22-9-11-26-12-10-22/h3-8,13H,9-12,14H2,1-2H3,(H,21,23). The highest BCUT2D eigenvalue weighted by atomic mass is 32.2. The number of rotatable bonds is 5. The third kappa shape index (κ3) is 4.74. The van der Waals surface area contributed by atoms with Gasteiger partial charge in [-0.1, -0.05) is 23.8 Å². The van der Waals surface area contributed by atoms with Crippen LogP contribution in [0.1, 0.15) is 16.7 Å². The molecule has 3 rings (SSSR count). The fraction of sp³-hybridized carbons (Fsp3) is 0.350. The molecule has 0 radical (unpaired) electrons. The van der Waals surface area contributed by atoms with Crippen LogP contribution in [0.15, 0.2) is 47.4 Å². The first kappa shape index (κ1) is 19.5. The van der Waals surface area contributed by atoms with Crippen molar-refractivity contribution in [2.45, 2.75) is 25.2 Å². The Kier molecular flexibility index (Phi) is 5.94. The van der Waals surface area contributed by atoms with Crippen LogP contribution in [-0.4, -0.2) is 44.9 Å². The lowest BCUT2D eigenvalue weighted by atomic mass is 10.0. The Morgan fingerprint density at radius 2 is 1.74 bits per heavy atom. The number of nitrogens with zero attached hydrogens (tertiary/aromatic N) is 1. The van der Waals surface area contributed by atoms with Crippen LogP contribution in [0, 0.1) is 13.8 Å². The van der Waals surface area contributed by atoms with Gasteiger partial charge >= 0.3 is 0 Å². The first-order chi connectivity index (χ1) is 12.9. The van der Waals surface area contributed by atoms with Gasteiger partial charge in [0.05, 0.1) is 24.5 Å². The fourth-order valence-electron chi connectivity index (χ4n) is 3.07. The van der Waals surface area contributed by atoms with E-state index in [1.807, 2.05) is 32.0 Å². The average Bonchev–Trinajstić information content (AvgIpc) is 2.65. The van der Waals surface area contributed by atoms with Crippen molar-refractivity contribution in [1.29, 1.82) is 0 Å². The van der Waals surface area contributed by atoms with Crippen LogP contribution in [0.2, 0.25) is 0 Å². The van der Waals surface area contributed by atoms with Gasteiger partial charge in [0.1, 0.15) is 0 Å². The molecule has 0 spiro atoms. The number of carbonyl (C=O) groups is 1. The van der Waals surface area contributed by atoms with Gasteiger partial charge in [0, 0.05) is 18.8 Å². The van der Waals surface area contributed by atoms with E-state index in [9.17, 15) is 13.2 Å². The Hall–Kier alpha value is -2.22. The van der Waals surface area contributed by atoms with Gasteiger partial charge < -0.3 is 10.1 Å². The predicted octanol–water partition coefficient (Wildman–Crippen LogP) is 2.51. The maximum Gasteiger partial charge on any atom is 0.243 e. The van der Waals surface area contributed by atoms with Crippen molar-refractivity contribution < 1.29 is 17.9 Å². The summed E-state index contributed by atoms with van der Waals surface area (Å²) in [5, 5.41) is 2.82. The molecular formula is C20H24N2O4S. The van der Waals surface area contributed by atoms with E-state index in [0.717, 1.165) is 16.7 Å². The number of hydrogen-bond donors (Lipinski definition) is 1. The number of anilines is 1. The van der Waals surface area contributed by atoms with Crippen molar-refractivity contribution in [1.82, 2.24) is 4.31 Å². The van der Waals surface area contributed by atoms with E-state index >= 15 is 0 Å². The minimum atomic E-state index is -3.52. The molecule has 0 unspecified atom stereocenters. The van der Waals surface area contributed by atoms with E-state index in [-0.39, 0.29) is 17.2 Å². The van der Waals surface area contributed by atoms with Gasteiger partial charge in [-0.25, -0.2) is 8.42 Å². The van der Waals surface area contributed by atoms with Crippen molar-refractivity contribution in [2.24, 2.45) is 0 Å². The lowest BCUT2D eigenvalue weighted by Crippen LogP contribution is -2.40. The van der Waals surface area contributed by atoms with E-state index in [1.54, 1.807) is 12.1 Å². The monoisotopic (exact) mass is 388 g/mol. The molecule has 1 amide bonds. The van der Waals surface area contributed by atoms with Crippen LogP contribution < -0.4 is 5.32 Å². The molecule has 1 aliphatic rings. The highest BCUT2D eigenvalue weighted by Crippen LogP contribution is 2.20. The molecule has 1 aliphatic heterocycles. The van der Waals surface area contributed by atoms with E-state index in [4.69, 9.17) is 4.74 Å². The van der Waals surface area contributed by atoms with Gasteiger partial charge in [-0.05, 0) is 49.2 Å². The molecule has 0 bridgehead atoms. The molecule has 2 aromatic rings. The van der Waals surface area contributed by atoms with E-state index in [2.05, 4.69) is 5.32 Å². The Morgan fingerprint density at radius 1 is 1.07 bits per heavy atom. The highest BCUT2D eigenvalue weighted by Gasteiger charge is 2.26. The number of carbonyl (C=O) groups excluding carboxylic acids is 1. The van der Waals surface area contributed by atoms with Crippen LogP contribution >= 0.6 is 0 Å². The molecule has 2 aromatic carbocycles. The zero-order chi connectivity index (χ0) is 19.4. The molecule has 1 N–H and O–H groups in total. The zero-order valence-electron chi connectivity index (χ0n) is 15.6. The molecule has 0 saturated carbocycles. The summed E-state index contributed by atoms with van der Waals surface area (Å²) >= 11 is 0. The van der Waals surface area contributed by atoms with Crippen molar-refractivity contribution in [3.8, 4) is 0 Å². The summed E-state index contributed by atoms with van der Waals surface area (Å²) in [5.74, 6) is -0.134. The summed E-state index contributed by atoms with van der Waals surface area (Å²) in [5.41, 5.74) is 3.79. The van der Waals surface area contributed by atoms with Crippen molar-refractivity contribution in [2.75, 3.05) is 31.6 Å². The Balaban J connectivity index is 1.65. The summed E-state index contributed by atoms with van der Waals surface area (Å²) in [6, 6.07) is 12.3. The number of morpholine rings is 1. The van der Waals surface area contributed by atoms with E-state index < -0.39 is 10.0 Å². The molecular weight excluding hydrogens is 364 g/mol. The number of benzene rings is 2. The van der Waals surface area contributed by atoms with Crippen LogP contribution in [0.25, 0.3) is 0 Å². The quantitative estimate of drug-likeness (QED) is 0.854. The molecule has 1 heterocycles. The largest absolute Gasteiger partial charge is 0.379 e. The number of aryl methyl sites for hydroxylation is 2. The minimum Gasteiger partial charge on any atom is -0.379 e. The van der Waals surface area contributed by atoms with Crippen LogP contribution in [-0.2, 0) is 26.0 Å². The first-order valence-corrected chi connectivity index (χ1v) is 10.3. The van der Waals surface area contributed by atoms with Gasteiger partial charge in [-0.2, -0.15) is 4.31 Å². The molecule has 1 fully saturated rings. The van der Waals surface area contributed by atoms with Crippen molar-refractivity contribution in [3.05, 3.63) is 59.2 Å². The highest BCUT2D eigenvalue weighted by molar-refractivity contribution is 7.89. The number of nitrogens with one attached hydrogen (secondary N) is 1. The lowest BCUT2D eigenvalue weighted by molar-refractivity contribution is -0.115. The maximum atomic E-state index is 12.6. The second kappa shape index (κ2) is 8.21. The van der Waals surface area contributed by atoms with Crippen molar-refractivity contribution >= 4 is 21.6 Å². The van der Waals surface area contributed by atoms with Gasteiger partial charge in [0.25, 0.3) is 0 Å². The number of sulfonamides is 1. The summed E-state index contributed by atoms with van der Waals surface area (Å²) in [4.78, 5) is 12.5. The van der Waals surface area contributed by atoms with Crippen LogP contribution in [0.3, 0.4) is 0 Å². The van der Waals surface area contributed by atoms with E-state index in [0.29, 0.717) is 32.0 Å². The molecule has 0 atom stereocenters. The number of amides is 1. The predicted molar refractivity (Wildman–Crippen MR) is 104 cm³/mol. The van der Waals surface area contributed by atoms with Gasteiger partial charge in [-0.15, -0.1) is 0 Å². The first-order valence-electron chi connectivity index (χ1n) is 8.90. The maximum absolute atomic E-state index is 12.6. The molecule has 1 saturated heterocycles. The normalized spacial score (nSPS) is 15.5. The third-order valence-electron chi connectivity index (χ3n) is 4.60. The second-order valence-electron chi connectivity index (χ2n) is 6.70. The number of hydrogen-bond acceptors (Lipinski definition) is 4. The van der Waals surface area contributed by atoms with Crippen molar-refractivity contribution in [3.63, 3.8) is 0 Å². The summed E-state index contributed by atoms with van der Waals surface area (Å²) in [6.07, 6.45) is 0.278. The molecule has 27 heavy (non-hydrogen) atoms. The smallest absolute Gasteiger partial charge is 0.243 e. The van der Waals surface area contributed by atoms with Gasteiger partial charge in [0.2, 0.25) is 15.9 Å². The second-order valence-corrected chi connectivity index (χ2v) is 8.63. The Morgan fingerprint density at radius 3 is 2.37 bits per heavy atom. The average molecular weight is 388 g/mol. The summed E-state index contributed by atoms with van der Waals surface area (Å²) < 4.78 is 31.8. The Bertz CT molecular complexity index is 917. The topological polar surface area (TPSA) is 75.7 Å². The van der Waals surface area contributed by atoms with E-state index in [1.165, 1.54) is 16.4 Å². The molecule has 7 heteroatoms. The molecule has 0 aromatic heterocycles. The van der Waals surface area contributed by atoms with Crippen LogP contribution in [0.4, 0.5) is 5.69 Å². The fourth-order valence-corrected chi connectivity index (χ4v) is 4.48. The van der Waals surface area contributed by atoms with Crippen LogP contribution in [0.5, 0.6) is 0 Å². The Labute approximate surface area is 160 Å². The SMILES string of the molecule is Cc1ccc(CC(=O)Nc2ccc(S(=O)(=O)N3CCOCC3)cc2)c(C)c1. The molecule has 6 nitrogen and oxygen atoms in total. The molecule has 144 valence electrons. The molecule has 0 aliphatic carbocycles. The summed E-state index contributed by atoms with van der Waals surface area (Å²) in [7, 11) is -3.52. The lowest BCUT2D eigenvalue weighted by Gasteiger charge is -2.26. The summed E-state index contributed by atoms with van der Waals surface area (Å²) in [6.45, 7) is 5.54. The zero-order valence-corrected chi connectivity index (χ0v) is 16.4. The minimum absolute atomic E-state index is 0.134.